The molecule has 138 valence electrons. The zero-order chi connectivity index (χ0) is 18.7. The van der Waals surface area contributed by atoms with E-state index >= 15 is 0 Å². The smallest absolute Gasteiger partial charge is 0.227 e. The average Bonchev–Trinajstić information content (AvgIpc) is 2.63. The highest BCUT2D eigenvalue weighted by Crippen LogP contribution is 2.29. The van der Waals surface area contributed by atoms with Crippen molar-refractivity contribution in [3.05, 3.63) is 47.8 Å². The molecule has 1 aliphatic rings. The van der Waals surface area contributed by atoms with Crippen LogP contribution in [0.1, 0.15) is 50.8 Å². The maximum atomic E-state index is 12.6. The minimum absolute atomic E-state index is 0.217. The van der Waals surface area contributed by atoms with E-state index in [0.717, 1.165) is 37.3 Å². The van der Waals surface area contributed by atoms with E-state index in [1.807, 2.05) is 43.9 Å². The van der Waals surface area contributed by atoms with Gasteiger partial charge in [-0.3, -0.25) is 4.79 Å². The van der Waals surface area contributed by atoms with E-state index in [1.165, 1.54) is 5.56 Å². The van der Waals surface area contributed by atoms with Crippen LogP contribution in [0.3, 0.4) is 0 Å². The number of benzene rings is 1. The highest BCUT2D eigenvalue weighted by atomic mass is 16.2. The summed E-state index contributed by atoms with van der Waals surface area (Å²) in [7, 11) is 0. The van der Waals surface area contributed by atoms with Crippen molar-refractivity contribution in [2.45, 2.75) is 46.5 Å². The van der Waals surface area contributed by atoms with E-state index in [9.17, 15) is 4.79 Å². The normalized spacial score (nSPS) is 17.8. The van der Waals surface area contributed by atoms with Gasteiger partial charge in [0.15, 0.2) is 0 Å². The fraction of sp³-hybridized carbons (Fsp3) is 0.476. The molecule has 0 aliphatic carbocycles. The number of carbonyl (C=O) groups is 1. The maximum Gasteiger partial charge on any atom is 0.227 e. The highest BCUT2D eigenvalue weighted by Gasteiger charge is 2.31. The molecule has 0 spiro atoms. The van der Waals surface area contributed by atoms with Gasteiger partial charge in [-0.1, -0.05) is 38.5 Å². The molecule has 1 aliphatic heterocycles. The van der Waals surface area contributed by atoms with Crippen LogP contribution >= 0.6 is 0 Å². The molecule has 5 heteroatoms. The highest BCUT2D eigenvalue weighted by molar-refractivity contribution is 5.81. The molecule has 1 saturated heterocycles. The number of aryl methyl sites for hydroxylation is 1. The number of piperidine rings is 1. The molecule has 3 rings (SSSR count). The van der Waals surface area contributed by atoms with E-state index in [2.05, 4.69) is 29.4 Å². The summed E-state index contributed by atoms with van der Waals surface area (Å²) in [5.41, 5.74) is 2.85. The fourth-order valence-electron chi connectivity index (χ4n) is 3.30. The molecule has 1 aromatic carbocycles. The molecule has 0 unspecified atom stereocenters. The molecule has 2 heterocycles. The van der Waals surface area contributed by atoms with Crippen LogP contribution in [0.2, 0.25) is 0 Å². The lowest BCUT2D eigenvalue weighted by Crippen LogP contribution is -2.44. The van der Waals surface area contributed by atoms with Crippen molar-refractivity contribution >= 4 is 17.5 Å². The van der Waals surface area contributed by atoms with Crippen molar-refractivity contribution in [3.8, 4) is 0 Å². The number of carbonyl (C=O) groups excluding carboxylic acids is 1. The van der Waals surface area contributed by atoms with Crippen LogP contribution < -0.4 is 5.32 Å². The van der Waals surface area contributed by atoms with Crippen molar-refractivity contribution in [1.29, 1.82) is 0 Å². The molecule has 1 fully saturated rings. The monoisotopic (exact) mass is 352 g/mol. The van der Waals surface area contributed by atoms with Gasteiger partial charge in [0.2, 0.25) is 11.9 Å². The number of amides is 1. The summed E-state index contributed by atoms with van der Waals surface area (Å²) < 4.78 is 0. The van der Waals surface area contributed by atoms with E-state index in [-0.39, 0.29) is 17.2 Å². The molecule has 1 N–H and O–H groups in total. The third kappa shape index (κ3) is 4.40. The molecule has 0 radical (unpaired) electrons. The molecule has 1 atom stereocenters. The van der Waals surface area contributed by atoms with Gasteiger partial charge in [0, 0.05) is 36.3 Å². The number of nitrogens with one attached hydrogen (secondary N) is 1. The van der Waals surface area contributed by atoms with E-state index < -0.39 is 0 Å². The lowest BCUT2D eigenvalue weighted by Gasteiger charge is -2.36. The SMILES string of the molecule is Cc1ccc(Nc2nccc([C@@H]3CCCN(C(=O)C(C)(C)C)C3)n2)cc1. The van der Waals surface area contributed by atoms with Crippen LogP contribution in [0, 0.1) is 12.3 Å². The Morgan fingerprint density at radius 2 is 1.92 bits per heavy atom. The summed E-state index contributed by atoms with van der Waals surface area (Å²) in [4.78, 5) is 23.7. The first-order valence-electron chi connectivity index (χ1n) is 9.29. The standard InChI is InChI=1S/C21H28N4O/c1-15-7-9-17(10-8-15)23-20-22-12-11-18(24-20)16-6-5-13-25(14-16)19(26)21(2,3)4/h7-12,16H,5-6,13-14H2,1-4H3,(H,22,23,24)/t16-/m1/s1. The fourth-order valence-corrected chi connectivity index (χ4v) is 3.30. The zero-order valence-corrected chi connectivity index (χ0v) is 16.1. The third-order valence-corrected chi connectivity index (χ3v) is 4.75. The Labute approximate surface area is 155 Å². The molecular weight excluding hydrogens is 324 g/mol. The molecule has 2 aromatic rings. The summed E-state index contributed by atoms with van der Waals surface area (Å²) in [6, 6.07) is 10.1. The number of anilines is 2. The molecule has 0 saturated carbocycles. The number of hydrogen-bond acceptors (Lipinski definition) is 4. The topological polar surface area (TPSA) is 58.1 Å². The predicted molar refractivity (Wildman–Crippen MR) is 105 cm³/mol. The first-order chi connectivity index (χ1) is 12.3. The Morgan fingerprint density at radius 3 is 2.62 bits per heavy atom. The summed E-state index contributed by atoms with van der Waals surface area (Å²) in [6.45, 7) is 9.57. The second-order valence-corrected chi connectivity index (χ2v) is 8.14. The third-order valence-electron chi connectivity index (χ3n) is 4.75. The second-order valence-electron chi connectivity index (χ2n) is 8.14. The predicted octanol–water partition coefficient (Wildman–Crippen LogP) is 4.28. The van der Waals surface area contributed by atoms with Gasteiger partial charge in [-0.25, -0.2) is 9.97 Å². The maximum absolute atomic E-state index is 12.6. The first kappa shape index (κ1) is 18.4. The number of nitrogens with zero attached hydrogens (tertiary/aromatic N) is 3. The van der Waals surface area contributed by atoms with Crippen molar-refractivity contribution in [2.24, 2.45) is 5.41 Å². The Kier molecular flexibility index (Phi) is 5.25. The lowest BCUT2D eigenvalue weighted by atomic mass is 9.90. The molecule has 0 bridgehead atoms. The first-order valence-corrected chi connectivity index (χ1v) is 9.29. The Hall–Kier alpha value is -2.43. The van der Waals surface area contributed by atoms with Gasteiger partial charge in [0.1, 0.15) is 0 Å². The van der Waals surface area contributed by atoms with Gasteiger partial charge in [-0.2, -0.15) is 0 Å². The summed E-state index contributed by atoms with van der Waals surface area (Å²) in [5, 5.41) is 3.27. The van der Waals surface area contributed by atoms with Crippen LogP contribution in [0.4, 0.5) is 11.6 Å². The molecule has 1 aromatic heterocycles. The Balaban J connectivity index is 1.73. The van der Waals surface area contributed by atoms with Crippen LogP contribution in [0.25, 0.3) is 0 Å². The minimum Gasteiger partial charge on any atom is -0.342 e. The van der Waals surface area contributed by atoms with Crippen molar-refractivity contribution in [2.75, 3.05) is 18.4 Å². The van der Waals surface area contributed by atoms with Gasteiger partial charge in [0.25, 0.3) is 0 Å². The Bertz CT molecular complexity index is 764. The number of likely N-dealkylation sites (tertiary alicyclic amines) is 1. The van der Waals surface area contributed by atoms with Crippen LogP contribution in [-0.2, 0) is 4.79 Å². The molecular formula is C21H28N4O. The lowest BCUT2D eigenvalue weighted by molar-refractivity contribution is -0.140. The van der Waals surface area contributed by atoms with Gasteiger partial charge in [-0.15, -0.1) is 0 Å². The van der Waals surface area contributed by atoms with Crippen LogP contribution in [0.5, 0.6) is 0 Å². The van der Waals surface area contributed by atoms with E-state index in [1.54, 1.807) is 6.20 Å². The second kappa shape index (κ2) is 7.44. The van der Waals surface area contributed by atoms with Crippen molar-refractivity contribution in [1.82, 2.24) is 14.9 Å². The van der Waals surface area contributed by atoms with Gasteiger partial charge < -0.3 is 10.2 Å². The van der Waals surface area contributed by atoms with Gasteiger partial charge >= 0.3 is 0 Å². The number of hydrogen-bond donors (Lipinski definition) is 1. The Morgan fingerprint density at radius 1 is 1.19 bits per heavy atom. The quantitative estimate of drug-likeness (QED) is 0.896. The summed E-state index contributed by atoms with van der Waals surface area (Å²) in [6.07, 6.45) is 3.86. The van der Waals surface area contributed by atoms with Crippen molar-refractivity contribution < 1.29 is 4.79 Å². The minimum atomic E-state index is -0.342. The zero-order valence-electron chi connectivity index (χ0n) is 16.1. The summed E-state index contributed by atoms with van der Waals surface area (Å²) >= 11 is 0. The molecule has 5 nitrogen and oxygen atoms in total. The van der Waals surface area contributed by atoms with E-state index in [4.69, 9.17) is 4.98 Å². The van der Waals surface area contributed by atoms with Gasteiger partial charge in [0.05, 0.1) is 5.69 Å². The number of rotatable bonds is 3. The largest absolute Gasteiger partial charge is 0.342 e. The molecule has 26 heavy (non-hydrogen) atoms. The van der Waals surface area contributed by atoms with E-state index in [0.29, 0.717) is 5.95 Å². The van der Waals surface area contributed by atoms with Crippen molar-refractivity contribution in [3.63, 3.8) is 0 Å². The average molecular weight is 352 g/mol. The van der Waals surface area contributed by atoms with Crippen LogP contribution in [-0.4, -0.2) is 33.9 Å². The summed E-state index contributed by atoms with van der Waals surface area (Å²) in [5.74, 6) is 1.08. The van der Waals surface area contributed by atoms with Crippen LogP contribution in [0.15, 0.2) is 36.5 Å². The molecule has 1 amide bonds. The van der Waals surface area contributed by atoms with Gasteiger partial charge in [-0.05, 0) is 38.0 Å². The number of aromatic nitrogens is 2.